The van der Waals surface area contributed by atoms with E-state index >= 15 is 0 Å². The molecule has 0 bridgehead atoms. The average molecular weight is 259 g/mol. The Labute approximate surface area is 112 Å². The molecule has 0 spiro atoms. The van der Waals surface area contributed by atoms with Crippen LogP contribution in [0.5, 0.6) is 0 Å². The van der Waals surface area contributed by atoms with Crippen molar-refractivity contribution in [3.8, 4) is 11.3 Å². The van der Waals surface area contributed by atoms with Gasteiger partial charge in [0.15, 0.2) is 0 Å². The number of hydrogen-bond acceptors (Lipinski definition) is 3. The predicted molar refractivity (Wildman–Crippen MR) is 75.8 cm³/mol. The topological polar surface area (TPSA) is 37.8 Å². The van der Waals surface area contributed by atoms with E-state index in [1.165, 1.54) is 6.07 Å². The van der Waals surface area contributed by atoms with Crippen LogP contribution in [0.3, 0.4) is 0 Å². The van der Waals surface area contributed by atoms with E-state index < -0.39 is 0 Å². The van der Waals surface area contributed by atoms with Gasteiger partial charge >= 0.3 is 0 Å². The lowest BCUT2D eigenvalue weighted by atomic mass is 10.0. The molecule has 100 valence electrons. The van der Waals surface area contributed by atoms with Gasteiger partial charge in [-0.05, 0) is 39.3 Å². The van der Waals surface area contributed by atoms with Crippen LogP contribution in [0.25, 0.3) is 11.3 Å². The highest BCUT2D eigenvalue weighted by Gasteiger charge is 2.14. The summed E-state index contributed by atoms with van der Waals surface area (Å²) in [5.74, 6) is 1.28. The van der Waals surface area contributed by atoms with E-state index in [4.69, 9.17) is 0 Å². The molecule has 3 nitrogen and oxygen atoms in total. The lowest BCUT2D eigenvalue weighted by Gasteiger charge is -2.14. The third kappa shape index (κ3) is 2.57. The zero-order chi connectivity index (χ0) is 14.0. The molecular weight excluding hydrogens is 241 g/mol. The van der Waals surface area contributed by atoms with E-state index in [-0.39, 0.29) is 5.82 Å². The van der Waals surface area contributed by atoms with Gasteiger partial charge in [0.25, 0.3) is 0 Å². The molecule has 1 heterocycles. The van der Waals surface area contributed by atoms with Gasteiger partial charge in [0.05, 0.1) is 5.69 Å². The van der Waals surface area contributed by atoms with Crippen LogP contribution >= 0.6 is 0 Å². The smallest absolute Gasteiger partial charge is 0.133 e. The molecular formula is C15H18FN3. The first kappa shape index (κ1) is 13.5. The molecule has 0 aliphatic rings. The fourth-order valence-corrected chi connectivity index (χ4v) is 2.09. The largest absolute Gasteiger partial charge is 0.370 e. The van der Waals surface area contributed by atoms with Crippen molar-refractivity contribution in [3.05, 3.63) is 41.0 Å². The number of hydrogen-bond donors (Lipinski definition) is 1. The number of aromatic nitrogens is 2. The maximum atomic E-state index is 13.7. The zero-order valence-electron chi connectivity index (χ0n) is 11.7. The van der Waals surface area contributed by atoms with Crippen LogP contribution in [0, 0.1) is 26.6 Å². The van der Waals surface area contributed by atoms with E-state index in [1.807, 2.05) is 26.8 Å². The van der Waals surface area contributed by atoms with Gasteiger partial charge in [0, 0.05) is 17.7 Å². The Bertz CT molecular complexity index is 609. The van der Waals surface area contributed by atoms with Crippen molar-refractivity contribution in [1.29, 1.82) is 0 Å². The molecule has 0 saturated heterocycles. The van der Waals surface area contributed by atoms with Gasteiger partial charge in [-0.25, -0.2) is 14.4 Å². The number of nitrogens with one attached hydrogen (secondary N) is 1. The summed E-state index contributed by atoms with van der Waals surface area (Å²) in [6, 6.07) is 5.07. The van der Waals surface area contributed by atoms with E-state index in [0.29, 0.717) is 11.4 Å². The highest BCUT2D eigenvalue weighted by Crippen LogP contribution is 2.29. The summed E-state index contributed by atoms with van der Waals surface area (Å²) < 4.78 is 13.7. The van der Waals surface area contributed by atoms with Crippen molar-refractivity contribution in [2.45, 2.75) is 27.7 Å². The minimum atomic E-state index is -0.210. The van der Waals surface area contributed by atoms with E-state index in [9.17, 15) is 4.39 Å². The zero-order valence-corrected chi connectivity index (χ0v) is 11.7. The number of benzene rings is 1. The lowest BCUT2D eigenvalue weighted by molar-refractivity contribution is 0.619. The Morgan fingerprint density at radius 1 is 1.11 bits per heavy atom. The third-order valence-corrected chi connectivity index (χ3v) is 3.12. The molecule has 0 fully saturated rings. The number of rotatable bonds is 3. The summed E-state index contributed by atoms with van der Waals surface area (Å²) in [7, 11) is 0. The van der Waals surface area contributed by atoms with Crippen LogP contribution in [-0.4, -0.2) is 16.5 Å². The van der Waals surface area contributed by atoms with Crippen LogP contribution in [0.15, 0.2) is 18.2 Å². The molecule has 0 saturated carbocycles. The lowest BCUT2D eigenvalue weighted by Crippen LogP contribution is -2.06. The summed E-state index contributed by atoms with van der Waals surface area (Å²) >= 11 is 0. The first-order valence-electron chi connectivity index (χ1n) is 6.39. The second-order valence-electron chi connectivity index (χ2n) is 4.54. The number of aryl methyl sites for hydroxylation is 1. The summed E-state index contributed by atoms with van der Waals surface area (Å²) in [6.45, 7) is 8.38. The summed E-state index contributed by atoms with van der Waals surface area (Å²) in [5, 5.41) is 3.22. The maximum absolute atomic E-state index is 13.7. The van der Waals surface area contributed by atoms with Gasteiger partial charge < -0.3 is 5.32 Å². The Balaban J connectivity index is 2.65. The minimum absolute atomic E-state index is 0.210. The van der Waals surface area contributed by atoms with E-state index in [1.54, 1.807) is 13.0 Å². The van der Waals surface area contributed by atoms with Crippen molar-refractivity contribution in [1.82, 2.24) is 9.97 Å². The molecule has 0 amide bonds. The molecule has 1 N–H and O–H groups in total. The molecule has 0 radical (unpaired) electrons. The molecule has 1 aromatic carbocycles. The Hall–Kier alpha value is -1.97. The van der Waals surface area contributed by atoms with Crippen LogP contribution < -0.4 is 5.32 Å². The number of anilines is 1. The first-order valence-corrected chi connectivity index (χ1v) is 6.39. The number of nitrogens with zero attached hydrogens (tertiary/aromatic N) is 2. The normalized spacial score (nSPS) is 10.6. The minimum Gasteiger partial charge on any atom is -0.370 e. The van der Waals surface area contributed by atoms with Crippen molar-refractivity contribution in [2.75, 3.05) is 11.9 Å². The Kier molecular flexibility index (Phi) is 3.79. The van der Waals surface area contributed by atoms with Gasteiger partial charge in [-0.3, -0.25) is 0 Å². The van der Waals surface area contributed by atoms with Crippen LogP contribution in [0.2, 0.25) is 0 Å². The van der Waals surface area contributed by atoms with Gasteiger partial charge in [0.2, 0.25) is 0 Å². The molecule has 19 heavy (non-hydrogen) atoms. The summed E-state index contributed by atoms with van der Waals surface area (Å²) in [5.41, 5.74) is 3.18. The molecule has 4 heteroatoms. The van der Waals surface area contributed by atoms with Crippen molar-refractivity contribution in [2.24, 2.45) is 0 Å². The van der Waals surface area contributed by atoms with Gasteiger partial charge in [0.1, 0.15) is 17.5 Å². The van der Waals surface area contributed by atoms with Crippen molar-refractivity contribution >= 4 is 5.82 Å². The standard InChI is InChI=1S/C15H18FN3/c1-5-17-15-10(3)14(18-11(4)19-15)12-7-6-8-13(16)9(12)2/h6-8H,5H2,1-4H3,(H,17,18,19). The summed E-state index contributed by atoms with van der Waals surface area (Å²) in [4.78, 5) is 8.85. The first-order chi connectivity index (χ1) is 9.04. The fraction of sp³-hybridized carbons (Fsp3) is 0.333. The molecule has 0 aliphatic carbocycles. The van der Waals surface area contributed by atoms with Gasteiger partial charge in [-0.1, -0.05) is 12.1 Å². The van der Waals surface area contributed by atoms with Crippen molar-refractivity contribution < 1.29 is 4.39 Å². The molecule has 2 rings (SSSR count). The molecule has 0 atom stereocenters. The average Bonchev–Trinajstić information content (AvgIpc) is 2.37. The summed E-state index contributed by atoms with van der Waals surface area (Å²) in [6.07, 6.45) is 0. The highest BCUT2D eigenvalue weighted by molar-refractivity contribution is 5.71. The maximum Gasteiger partial charge on any atom is 0.133 e. The third-order valence-electron chi connectivity index (χ3n) is 3.12. The molecule has 1 aromatic heterocycles. The second kappa shape index (κ2) is 5.34. The Morgan fingerprint density at radius 3 is 2.53 bits per heavy atom. The number of halogens is 1. The SMILES string of the molecule is CCNc1nc(C)nc(-c2cccc(F)c2C)c1C. The van der Waals surface area contributed by atoms with Gasteiger partial charge in [-0.2, -0.15) is 0 Å². The fourth-order valence-electron chi connectivity index (χ4n) is 2.09. The van der Waals surface area contributed by atoms with Crippen LogP contribution in [-0.2, 0) is 0 Å². The van der Waals surface area contributed by atoms with Crippen LogP contribution in [0.1, 0.15) is 23.9 Å². The van der Waals surface area contributed by atoms with Crippen molar-refractivity contribution in [3.63, 3.8) is 0 Å². The van der Waals surface area contributed by atoms with Crippen LogP contribution in [0.4, 0.5) is 10.2 Å². The monoisotopic (exact) mass is 259 g/mol. The van der Waals surface area contributed by atoms with E-state index in [2.05, 4.69) is 15.3 Å². The predicted octanol–water partition coefficient (Wildman–Crippen LogP) is 3.64. The second-order valence-corrected chi connectivity index (χ2v) is 4.54. The molecule has 2 aromatic rings. The van der Waals surface area contributed by atoms with Gasteiger partial charge in [-0.15, -0.1) is 0 Å². The van der Waals surface area contributed by atoms with E-state index in [0.717, 1.165) is 29.2 Å². The molecule has 0 unspecified atom stereocenters. The molecule has 0 aliphatic heterocycles. The Morgan fingerprint density at radius 2 is 1.84 bits per heavy atom. The quantitative estimate of drug-likeness (QED) is 0.914. The highest BCUT2D eigenvalue weighted by atomic mass is 19.1.